The first-order chi connectivity index (χ1) is 17.1. The van der Waals surface area contributed by atoms with Gasteiger partial charge in [0, 0.05) is 41.9 Å². The Balaban J connectivity index is 1.28. The van der Waals surface area contributed by atoms with E-state index in [2.05, 4.69) is 53.0 Å². The molecule has 0 unspecified atom stereocenters. The normalized spacial score (nSPS) is 15.2. The van der Waals surface area contributed by atoms with Gasteiger partial charge in [0.15, 0.2) is 11.6 Å². The zero-order chi connectivity index (χ0) is 24.0. The molecule has 0 aromatic carbocycles. The lowest BCUT2D eigenvalue weighted by atomic mass is 10.1. The number of aromatic nitrogens is 5. The van der Waals surface area contributed by atoms with E-state index >= 15 is 0 Å². The molecule has 0 spiro atoms. The van der Waals surface area contributed by atoms with Gasteiger partial charge in [-0.05, 0) is 33.4 Å². The largest absolute Gasteiger partial charge is 0.476 e. The first-order valence-corrected chi connectivity index (χ1v) is 11.8. The lowest BCUT2D eigenvalue weighted by Crippen LogP contribution is -2.20. The van der Waals surface area contributed by atoms with Gasteiger partial charge < -0.3 is 24.8 Å². The van der Waals surface area contributed by atoms with E-state index in [0.29, 0.717) is 42.5 Å². The van der Waals surface area contributed by atoms with Gasteiger partial charge in [-0.2, -0.15) is 15.1 Å². The fourth-order valence-corrected chi connectivity index (χ4v) is 3.56. The van der Waals surface area contributed by atoms with Crippen LogP contribution < -0.4 is 15.4 Å². The van der Waals surface area contributed by atoms with Crippen LogP contribution in [-0.2, 0) is 6.54 Å². The van der Waals surface area contributed by atoms with E-state index < -0.39 is 0 Å². The molecule has 0 bridgehead atoms. The predicted octanol–water partition coefficient (Wildman–Crippen LogP) is 4.26. The zero-order valence-corrected chi connectivity index (χ0v) is 20.0. The van der Waals surface area contributed by atoms with Crippen molar-refractivity contribution < 1.29 is 9.26 Å². The van der Waals surface area contributed by atoms with Crippen molar-refractivity contribution in [3.05, 3.63) is 65.7 Å². The Bertz CT molecular complexity index is 1240. The van der Waals surface area contributed by atoms with Crippen molar-refractivity contribution in [1.82, 2.24) is 30.2 Å². The summed E-state index contributed by atoms with van der Waals surface area (Å²) in [5.74, 6) is 3.48. The highest BCUT2D eigenvalue weighted by Gasteiger charge is 2.25. The maximum Gasteiger partial charge on any atom is 0.228 e. The van der Waals surface area contributed by atoms with E-state index in [9.17, 15) is 0 Å². The number of hydrogen-bond donors (Lipinski definition) is 3. The number of nitrogens with zero attached hydrogens (tertiary/aromatic N) is 5. The van der Waals surface area contributed by atoms with Crippen LogP contribution in [0, 0.1) is 0 Å². The molecule has 182 valence electrons. The summed E-state index contributed by atoms with van der Waals surface area (Å²) in [4.78, 5) is 11.2. The number of rotatable bonds is 11. The van der Waals surface area contributed by atoms with E-state index in [4.69, 9.17) is 9.26 Å². The Kier molecular flexibility index (Phi) is 6.89. The topological polar surface area (TPSA) is 117 Å². The minimum absolute atomic E-state index is 0.384. The Morgan fingerprint density at radius 3 is 2.91 bits per heavy atom. The number of H-pyrrole nitrogens is 1. The summed E-state index contributed by atoms with van der Waals surface area (Å²) in [6.45, 7) is 1.67. The highest BCUT2D eigenvalue weighted by Crippen LogP contribution is 2.39. The van der Waals surface area contributed by atoms with Crippen molar-refractivity contribution in [3.63, 3.8) is 0 Å². The van der Waals surface area contributed by atoms with Gasteiger partial charge in [-0.25, -0.2) is 0 Å². The first-order valence-electron chi connectivity index (χ1n) is 11.8. The van der Waals surface area contributed by atoms with Gasteiger partial charge in [-0.15, -0.1) is 0 Å². The average Bonchev–Trinajstić information content (AvgIpc) is 3.51. The average molecular weight is 475 g/mol. The molecule has 3 heterocycles. The molecule has 0 saturated heterocycles. The second-order valence-corrected chi connectivity index (χ2v) is 8.89. The maximum atomic E-state index is 5.88. The zero-order valence-electron chi connectivity index (χ0n) is 20.0. The van der Waals surface area contributed by atoms with Crippen molar-refractivity contribution in [2.45, 2.75) is 31.7 Å². The standard InChI is InChI=1S/C25H30N8O2/c1-33(2)11-12-34-24-15-22(27-23-14-20(30-31-23)18-9-10-18)28-25(29-24)26-16-19-13-21(32-35-19)17-7-5-3-4-6-8-17/h3,5-8,13-15,18H,4,9-12,16H2,1-2H3,(H3,26,27,28,29,30,31). The molecule has 1 saturated carbocycles. The van der Waals surface area contributed by atoms with Crippen LogP contribution in [-0.4, -0.2) is 57.5 Å². The smallest absolute Gasteiger partial charge is 0.228 e. The summed E-state index contributed by atoms with van der Waals surface area (Å²) in [5.41, 5.74) is 2.95. The van der Waals surface area contributed by atoms with Gasteiger partial charge in [0.1, 0.15) is 18.1 Å². The third-order valence-electron chi connectivity index (χ3n) is 5.62. The highest BCUT2D eigenvalue weighted by molar-refractivity contribution is 5.73. The molecular formula is C25H30N8O2. The van der Waals surface area contributed by atoms with Crippen LogP contribution >= 0.6 is 0 Å². The molecule has 10 nitrogen and oxygen atoms in total. The van der Waals surface area contributed by atoms with Crippen molar-refractivity contribution in [1.29, 1.82) is 0 Å². The quantitative estimate of drug-likeness (QED) is 0.375. The molecule has 1 fully saturated rings. The molecule has 0 atom stereocenters. The van der Waals surface area contributed by atoms with E-state index in [1.165, 1.54) is 12.8 Å². The Morgan fingerprint density at radius 2 is 2.06 bits per heavy atom. The molecule has 0 aliphatic heterocycles. The summed E-state index contributed by atoms with van der Waals surface area (Å²) in [6.07, 6.45) is 13.6. The van der Waals surface area contributed by atoms with Crippen LogP contribution in [0.1, 0.15) is 42.3 Å². The number of anilines is 3. The van der Waals surface area contributed by atoms with Crippen LogP contribution in [0.5, 0.6) is 5.88 Å². The minimum Gasteiger partial charge on any atom is -0.476 e. The van der Waals surface area contributed by atoms with E-state index in [0.717, 1.165) is 35.7 Å². The van der Waals surface area contributed by atoms with Crippen molar-refractivity contribution in [2.75, 3.05) is 37.9 Å². The molecule has 5 rings (SSSR count). The molecule has 2 aliphatic carbocycles. The lowest BCUT2D eigenvalue weighted by molar-refractivity contribution is 0.254. The monoisotopic (exact) mass is 474 g/mol. The summed E-state index contributed by atoms with van der Waals surface area (Å²) >= 11 is 0. The predicted molar refractivity (Wildman–Crippen MR) is 135 cm³/mol. The molecule has 35 heavy (non-hydrogen) atoms. The van der Waals surface area contributed by atoms with Gasteiger partial charge in [0.25, 0.3) is 0 Å². The van der Waals surface area contributed by atoms with Crippen LogP contribution in [0.15, 0.2) is 53.1 Å². The molecule has 3 aromatic heterocycles. The molecule has 3 aromatic rings. The number of nitrogens with one attached hydrogen (secondary N) is 3. The highest BCUT2D eigenvalue weighted by atomic mass is 16.5. The summed E-state index contributed by atoms with van der Waals surface area (Å²) in [6, 6.07) is 5.72. The van der Waals surface area contributed by atoms with Crippen LogP contribution in [0.3, 0.4) is 0 Å². The summed E-state index contributed by atoms with van der Waals surface area (Å²) < 4.78 is 11.4. The maximum absolute atomic E-state index is 5.88. The summed E-state index contributed by atoms with van der Waals surface area (Å²) in [7, 11) is 4.00. The van der Waals surface area contributed by atoms with E-state index in [-0.39, 0.29) is 0 Å². The fourth-order valence-electron chi connectivity index (χ4n) is 3.56. The van der Waals surface area contributed by atoms with Crippen molar-refractivity contribution >= 4 is 23.2 Å². The number of ether oxygens (including phenoxy) is 1. The Morgan fingerprint density at radius 1 is 1.14 bits per heavy atom. The number of hydrogen-bond acceptors (Lipinski definition) is 9. The molecule has 2 aliphatic rings. The molecule has 0 amide bonds. The minimum atomic E-state index is 0.384. The first kappa shape index (κ1) is 22.9. The molecule has 3 N–H and O–H groups in total. The summed E-state index contributed by atoms with van der Waals surface area (Å²) in [5, 5.41) is 18.1. The Hall–Kier alpha value is -3.92. The van der Waals surface area contributed by atoms with Gasteiger partial charge >= 0.3 is 0 Å². The fraction of sp³-hybridized carbons (Fsp3) is 0.360. The van der Waals surface area contributed by atoms with Gasteiger partial charge in [0.2, 0.25) is 11.8 Å². The van der Waals surface area contributed by atoms with Crippen LogP contribution in [0.2, 0.25) is 0 Å². The second-order valence-electron chi connectivity index (χ2n) is 8.89. The van der Waals surface area contributed by atoms with Gasteiger partial charge in [-0.1, -0.05) is 35.5 Å². The van der Waals surface area contributed by atoms with Gasteiger partial charge in [0.05, 0.1) is 6.54 Å². The number of likely N-dealkylation sites (N-methyl/N-ethyl adjacent to an activating group) is 1. The lowest BCUT2D eigenvalue weighted by Gasteiger charge is -2.12. The molecular weight excluding hydrogens is 444 g/mol. The van der Waals surface area contributed by atoms with Gasteiger partial charge in [-0.3, -0.25) is 5.10 Å². The van der Waals surface area contributed by atoms with Crippen molar-refractivity contribution in [3.8, 4) is 5.88 Å². The van der Waals surface area contributed by atoms with Crippen molar-refractivity contribution in [2.24, 2.45) is 0 Å². The van der Waals surface area contributed by atoms with Crippen LogP contribution in [0.4, 0.5) is 17.6 Å². The van der Waals surface area contributed by atoms with Crippen LogP contribution in [0.25, 0.3) is 5.57 Å². The third-order valence-corrected chi connectivity index (χ3v) is 5.62. The number of aromatic amines is 1. The Labute approximate surface area is 204 Å². The van der Waals surface area contributed by atoms with E-state index in [1.807, 2.05) is 44.5 Å². The molecule has 10 heteroatoms. The molecule has 0 radical (unpaired) electrons. The number of allylic oxidation sites excluding steroid dienone is 6. The van der Waals surface area contributed by atoms with E-state index in [1.54, 1.807) is 6.07 Å². The SMILES string of the molecule is CN(C)CCOc1cc(Nc2cc(C3CC3)[nH]n2)nc(NCc2cc(C3=CC=CCC=C3)no2)n1. The third kappa shape index (κ3) is 6.36. The second kappa shape index (κ2) is 10.6.